The van der Waals surface area contributed by atoms with Gasteiger partial charge >= 0.3 is 19.3 Å². The molecule has 3 atom stereocenters. The first kappa shape index (κ1) is 19.3. The van der Waals surface area contributed by atoms with Crippen molar-refractivity contribution in [3.05, 3.63) is 34.9 Å². The van der Waals surface area contributed by atoms with Crippen molar-refractivity contribution in [3.8, 4) is 0 Å². The van der Waals surface area contributed by atoms with Gasteiger partial charge in [-0.05, 0) is 6.07 Å². The van der Waals surface area contributed by atoms with E-state index >= 15 is 0 Å². The molecule has 11 heteroatoms. The highest BCUT2D eigenvalue weighted by molar-refractivity contribution is 7.55. The second kappa shape index (κ2) is 7.92. The predicted molar refractivity (Wildman–Crippen MR) is 88.0 cm³/mol. The maximum Gasteiger partial charge on any atom is 0.370 e. The molecule has 0 bridgehead atoms. The number of carbonyl (C=O) groups excluding carboxylic acids is 1. The van der Waals surface area contributed by atoms with Gasteiger partial charge in [0.1, 0.15) is 5.82 Å². The highest BCUT2D eigenvalue weighted by Gasteiger charge is 2.44. The molecule has 1 aliphatic carbocycles. The predicted octanol–water partition coefficient (Wildman–Crippen LogP) is 0.697. The van der Waals surface area contributed by atoms with Crippen LogP contribution in [0.5, 0.6) is 0 Å². The largest absolute Gasteiger partial charge is 0.467 e. The van der Waals surface area contributed by atoms with E-state index in [0.717, 1.165) is 21.3 Å². The summed E-state index contributed by atoms with van der Waals surface area (Å²) in [6.07, 6.45) is 4.63. The van der Waals surface area contributed by atoms with E-state index < -0.39 is 31.2 Å². The van der Waals surface area contributed by atoms with Gasteiger partial charge < -0.3 is 24.3 Å². The van der Waals surface area contributed by atoms with Crippen LogP contribution >= 0.6 is 7.60 Å². The Balaban J connectivity index is 2.15. The summed E-state index contributed by atoms with van der Waals surface area (Å²) in [6.45, 7) is 0. The molecule has 1 unspecified atom stereocenters. The second-order valence-corrected chi connectivity index (χ2v) is 7.46. The monoisotopic (exact) mass is 373 g/mol. The number of rotatable bonds is 7. The van der Waals surface area contributed by atoms with Crippen molar-refractivity contribution < 1.29 is 27.9 Å². The van der Waals surface area contributed by atoms with E-state index in [9.17, 15) is 14.2 Å². The quantitative estimate of drug-likeness (QED) is 0.416. The summed E-state index contributed by atoms with van der Waals surface area (Å²) >= 11 is 0. The minimum absolute atomic E-state index is 0.128. The van der Waals surface area contributed by atoms with Gasteiger partial charge in [-0.15, -0.1) is 0 Å². The smallest absolute Gasteiger partial charge is 0.370 e. The van der Waals surface area contributed by atoms with E-state index in [4.69, 9.17) is 19.5 Å². The molecule has 1 aliphatic rings. The number of nitrogen functional groups attached to an aromatic ring is 1. The van der Waals surface area contributed by atoms with Crippen LogP contribution in [0.3, 0.4) is 0 Å². The van der Waals surface area contributed by atoms with Crippen LogP contribution in [0.25, 0.3) is 0 Å². The number of hydrogen-bond donors (Lipinski definition) is 1. The lowest BCUT2D eigenvalue weighted by Gasteiger charge is -2.25. The average Bonchev–Trinajstić information content (AvgIpc) is 3.06. The van der Waals surface area contributed by atoms with Crippen LogP contribution < -0.4 is 11.4 Å². The number of hydrogen-bond acceptors (Lipinski definition) is 9. The Hall–Kier alpha value is -2.00. The van der Waals surface area contributed by atoms with Crippen LogP contribution in [0.1, 0.15) is 12.5 Å². The lowest BCUT2D eigenvalue weighted by molar-refractivity contribution is -0.151. The highest BCUT2D eigenvalue weighted by Crippen LogP contribution is 2.53. The molecule has 0 saturated carbocycles. The Kier molecular flexibility index (Phi) is 6.12. The Morgan fingerprint density at radius 3 is 2.60 bits per heavy atom. The number of aromatic nitrogens is 2. The third kappa shape index (κ3) is 4.16. The Morgan fingerprint density at radius 2 is 2.04 bits per heavy atom. The fourth-order valence-electron chi connectivity index (χ4n) is 2.42. The summed E-state index contributed by atoms with van der Waals surface area (Å²) in [7, 11) is -0.414. The molecule has 1 heterocycles. The molecular formula is C14H20N3O7P. The number of esters is 1. The number of nitrogens with zero attached hydrogens (tertiary/aromatic N) is 2. The minimum atomic E-state index is -3.85. The van der Waals surface area contributed by atoms with Crippen molar-refractivity contribution in [1.82, 2.24) is 9.55 Å². The second-order valence-electron chi connectivity index (χ2n) is 5.19. The fraction of sp³-hybridized carbons (Fsp3) is 0.500. The molecule has 1 aromatic heterocycles. The van der Waals surface area contributed by atoms with Crippen molar-refractivity contribution in [2.45, 2.75) is 24.4 Å². The highest BCUT2D eigenvalue weighted by atomic mass is 31.2. The number of ether oxygens (including phenoxy) is 2. The van der Waals surface area contributed by atoms with E-state index in [2.05, 4.69) is 9.72 Å². The first-order valence-electron chi connectivity index (χ1n) is 7.32. The number of nitrogens with two attached hydrogens (primary N) is 1. The van der Waals surface area contributed by atoms with Crippen LogP contribution in [0, 0.1) is 0 Å². The van der Waals surface area contributed by atoms with Gasteiger partial charge in [-0.25, -0.2) is 9.59 Å². The number of methoxy groups -OCH3 is 1. The van der Waals surface area contributed by atoms with Gasteiger partial charge in [0.25, 0.3) is 5.85 Å². The molecule has 10 nitrogen and oxygen atoms in total. The van der Waals surface area contributed by atoms with Crippen LogP contribution in [0.4, 0.5) is 5.82 Å². The molecule has 0 fully saturated rings. The van der Waals surface area contributed by atoms with E-state index in [-0.39, 0.29) is 11.9 Å². The lowest BCUT2D eigenvalue weighted by Crippen LogP contribution is -2.31. The number of carbonyl (C=O) groups is 1. The van der Waals surface area contributed by atoms with Gasteiger partial charge in [0, 0.05) is 26.8 Å². The molecule has 0 amide bonds. The third-order valence-electron chi connectivity index (χ3n) is 3.73. The molecule has 25 heavy (non-hydrogen) atoms. The SMILES string of the molecule is COC(=O)C(O[C@H]1C=C[C@@H](n2ccc(N)nc2=O)C1)P(=O)(OC)OC. The van der Waals surface area contributed by atoms with Crippen molar-refractivity contribution in [2.24, 2.45) is 0 Å². The molecule has 0 radical (unpaired) electrons. The van der Waals surface area contributed by atoms with Gasteiger partial charge in [0.2, 0.25) is 0 Å². The Bertz CT molecular complexity index is 755. The van der Waals surface area contributed by atoms with Gasteiger partial charge in [-0.3, -0.25) is 9.13 Å². The van der Waals surface area contributed by atoms with Gasteiger partial charge in [0.15, 0.2) is 0 Å². The zero-order valence-electron chi connectivity index (χ0n) is 14.0. The molecule has 138 valence electrons. The lowest BCUT2D eigenvalue weighted by atomic mass is 10.2. The first-order valence-corrected chi connectivity index (χ1v) is 8.93. The number of allylic oxidation sites excluding steroid dienone is 1. The van der Waals surface area contributed by atoms with E-state index in [0.29, 0.717) is 6.42 Å². The summed E-state index contributed by atoms with van der Waals surface area (Å²) in [5.74, 6) is -2.29. The Morgan fingerprint density at radius 1 is 1.36 bits per heavy atom. The van der Waals surface area contributed by atoms with Crippen LogP contribution in [-0.2, 0) is 27.9 Å². The standard InChI is InChI=1S/C14H20N3O7P/c1-21-12(18)13(25(20,22-2)23-3)24-10-5-4-9(8-10)17-7-6-11(15)16-14(17)19/h4-7,9-10,13H,8H2,1-3H3,(H2,15,16,19)/t9-,10+,13?/m1/s1. The third-order valence-corrected chi connectivity index (χ3v) is 5.66. The fourth-order valence-corrected chi connectivity index (χ4v) is 3.63. The molecule has 0 saturated heterocycles. The van der Waals surface area contributed by atoms with E-state index in [1.807, 2.05) is 0 Å². The Labute approximate surface area is 144 Å². The van der Waals surface area contributed by atoms with E-state index in [1.54, 1.807) is 12.2 Å². The van der Waals surface area contributed by atoms with E-state index in [1.165, 1.54) is 16.8 Å². The molecule has 1 aromatic rings. The maximum atomic E-state index is 12.5. The van der Waals surface area contributed by atoms with Crippen LogP contribution in [-0.4, -0.2) is 48.8 Å². The molecule has 0 spiro atoms. The summed E-state index contributed by atoms with van der Waals surface area (Å²) in [4.78, 5) is 27.5. The summed E-state index contributed by atoms with van der Waals surface area (Å²) in [6, 6.07) is 1.17. The zero-order chi connectivity index (χ0) is 18.6. The molecule has 2 N–H and O–H groups in total. The molecule has 0 aromatic carbocycles. The first-order chi connectivity index (χ1) is 11.8. The van der Waals surface area contributed by atoms with Gasteiger partial charge in [-0.1, -0.05) is 12.2 Å². The van der Waals surface area contributed by atoms with Crippen molar-refractivity contribution >= 4 is 19.4 Å². The maximum absolute atomic E-state index is 12.5. The molecular weight excluding hydrogens is 353 g/mol. The zero-order valence-corrected chi connectivity index (χ0v) is 14.9. The minimum Gasteiger partial charge on any atom is -0.467 e. The average molecular weight is 373 g/mol. The molecule has 0 aliphatic heterocycles. The van der Waals surface area contributed by atoms with Crippen LogP contribution in [0.15, 0.2) is 29.2 Å². The van der Waals surface area contributed by atoms with Crippen LogP contribution in [0.2, 0.25) is 0 Å². The van der Waals surface area contributed by atoms with Gasteiger partial charge in [-0.2, -0.15) is 4.98 Å². The normalized spacial score (nSPS) is 21.2. The summed E-state index contributed by atoms with van der Waals surface area (Å²) < 4.78 is 33.8. The summed E-state index contributed by atoms with van der Waals surface area (Å²) in [5, 5.41) is 0. The summed E-state index contributed by atoms with van der Waals surface area (Å²) in [5.41, 5.74) is 4.97. The van der Waals surface area contributed by atoms with Crippen molar-refractivity contribution in [1.29, 1.82) is 0 Å². The number of anilines is 1. The molecule has 2 rings (SSSR count). The van der Waals surface area contributed by atoms with Gasteiger partial charge in [0.05, 0.1) is 19.3 Å². The topological polar surface area (TPSA) is 132 Å². The van der Waals surface area contributed by atoms with Crippen molar-refractivity contribution in [2.75, 3.05) is 27.1 Å². The van der Waals surface area contributed by atoms with Crippen molar-refractivity contribution in [3.63, 3.8) is 0 Å².